The molecule has 0 unspecified atom stereocenters. The van der Waals surface area contributed by atoms with E-state index in [1.165, 1.54) is 0 Å². The quantitative estimate of drug-likeness (QED) is 0.566. The van der Waals surface area contributed by atoms with E-state index >= 15 is 0 Å². The van der Waals surface area contributed by atoms with Gasteiger partial charge in [-0.05, 0) is 0 Å². The predicted octanol–water partition coefficient (Wildman–Crippen LogP) is 3.41. The molecule has 48 valence electrons. The molecule has 0 atom stereocenters. The van der Waals surface area contributed by atoms with Crippen molar-refractivity contribution in [2.75, 3.05) is 0 Å². The second-order valence-corrected chi connectivity index (χ2v) is 3.28. The molecule has 0 aliphatic heterocycles. The van der Waals surface area contributed by atoms with E-state index in [9.17, 15) is 4.39 Å². The number of alkyl halides is 3. The van der Waals surface area contributed by atoms with E-state index in [4.69, 9.17) is 46.4 Å². The summed E-state index contributed by atoms with van der Waals surface area (Å²) >= 11 is 19.5. The first-order valence-electron chi connectivity index (χ1n) is 1.52. The van der Waals surface area contributed by atoms with Crippen molar-refractivity contribution in [2.24, 2.45) is 0 Å². The number of hydrogen-bond donors (Lipinski definition) is 0. The lowest BCUT2D eigenvalue weighted by Crippen LogP contribution is -1.95. The first-order valence-corrected chi connectivity index (χ1v) is 3.03. The summed E-state index contributed by atoms with van der Waals surface area (Å²) in [6.07, 6.45) is 0.666. The molecule has 0 saturated carbocycles. The Hall–Kier alpha value is 0.830. The SMILES string of the molecule is FC(Cl)(Cl)C=C(Cl)Cl. The van der Waals surface area contributed by atoms with Gasteiger partial charge >= 0.3 is 0 Å². The zero-order chi connectivity index (χ0) is 6.78. The molecule has 0 aromatic rings. The maximum Gasteiger partial charge on any atom is 0.278 e. The van der Waals surface area contributed by atoms with E-state index in [2.05, 4.69) is 0 Å². The van der Waals surface area contributed by atoms with Crippen molar-refractivity contribution in [3.63, 3.8) is 0 Å². The van der Waals surface area contributed by atoms with Crippen LogP contribution in [0.2, 0.25) is 0 Å². The highest BCUT2D eigenvalue weighted by Gasteiger charge is 2.18. The second kappa shape index (κ2) is 3.11. The third-order valence-electron chi connectivity index (χ3n) is 0.273. The first-order chi connectivity index (χ1) is 3.42. The van der Waals surface area contributed by atoms with Gasteiger partial charge in [0.05, 0.1) is 0 Å². The van der Waals surface area contributed by atoms with Gasteiger partial charge in [0.25, 0.3) is 4.59 Å². The Morgan fingerprint density at radius 3 is 1.75 bits per heavy atom. The minimum absolute atomic E-state index is 0.294. The first kappa shape index (κ1) is 8.83. The number of allylic oxidation sites excluding steroid dienone is 1. The van der Waals surface area contributed by atoms with Crippen LogP contribution in [-0.2, 0) is 0 Å². The maximum absolute atomic E-state index is 11.9. The molecule has 0 aliphatic rings. The minimum atomic E-state index is -2.46. The van der Waals surface area contributed by atoms with Crippen molar-refractivity contribution in [3.8, 4) is 0 Å². The van der Waals surface area contributed by atoms with E-state index in [1.54, 1.807) is 0 Å². The minimum Gasteiger partial charge on any atom is -0.203 e. The van der Waals surface area contributed by atoms with Crippen molar-refractivity contribution in [1.82, 2.24) is 0 Å². The zero-order valence-electron chi connectivity index (χ0n) is 3.47. The lowest BCUT2D eigenvalue weighted by Gasteiger charge is -1.98. The molecule has 8 heavy (non-hydrogen) atoms. The molecule has 0 aliphatic carbocycles. The monoisotopic (exact) mass is 196 g/mol. The summed E-state index contributed by atoms with van der Waals surface area (Å²) in [4.78, 5) is 0. The standard InChI is InChI=1S/C3HCl4F/c4-2(5)1-3(6,7)8/h1H. The molecule has 0 bridgehead atoms. The van der Waals surface area contributed by atoms with E-state index < -0.39 is 4.59 Å². The van der Waals surface area contributed by atoms with Crippen molar-refractivity contribution in [1.29, 1.82) is 0 Å². The third-order valence-corrected chi connectivity index (χ3v) is 0.709. The smallest absolute Gasteiger partial charge is 0.203 e. The van der Waals surface area contributed by atoms with Gasteiger partial charge in [0, 0.05) is 6.08 Å². The largest absolute Gasteiger partial charge is 0.278 e. The van der Waals surface area contributed by atoms with Crippen molar-refractivity contribution in [2.45, 2.75) is 4.59 Å². The van der Waals surface area contributed by atoms with Gasteiger partial charge in [-0.25, -0.2) is 4.39 Å². The molecule has 0 amide bonds. The number of rotatable bonds is 1. The van der Waals surface area contributed by atoms with Crippen molar-refractivity contribution in [3.05, 3.63) is 10.6 Å². The van der Waals surface area contributed by atoms with Gasteiger partial charge in [0.1, 0.15) is 4.49 Å². The zero-order valence-corrected chi connectivity index (χ0v) is 6.49. The Morgan fingerprint density at radius 2 is 1.75 bits per heavy atom. The molecule has 0 nitrogen and oxygen atoms in total. The van der Waals surface area contributed by atoms with Gasteiger partial charge < -0.3 is 0 Å². The van der Waals surface area contributed by atoms with Crippen LogP contribution in [0.5, 0.6) is 0 Å². The molecule has 0 saturated heterocycles. The Balaban J connectivity index is 3.89. The van der Waals surface area contributed by atoms with Crippen molar-refractivity contribution >= 4 is 46.4 Å². The molecule has 0 rings (SSSR count). The Morgan fingerprint density at radius 1 is 1.38 bits per heavy atom. The summed E-state index contributed by atoms with van der Waals surface area (Å²) < 4.78 is 9.17. The van der Waals surface area contributed by atoms with Crippen LogP contribution in [0.1, 0.15) is 0 Å². The van der Waals surface area contributed by atoms with Crippen molar-refractivity contribution < 1.29 is 4.39 Å². The third kappa shape index (κ3) is 6.83. The molecular formula is C3HCl4F. The molecule has 0 N–H and O–H groups in total. The molecule has 0 spiro atoms. The fourth-order valence-electron chi connectivity index (χ4n) is 0.124. The predicted molar refractivity (Wildman–Crippen MR) is 35.3 cm³/mol. The van der Waals surface area contributed by atoms with Crippen LogP contribution in [0.25, 0.3) is 0 Å². The van der Waals surface area contributed by atoms with Gasteiger partial charge in [-0.3, -0.25) is 0 Å². The highest BCUT2D eigenvalue weighted by molar-refractivity contribution is 6.57. The number of hydrogen-bond acceptors (Lipinski definition) is 0. The average molecular weight is 198 g/mol. The lowest BCUT2D eigenvalue weighted by molar-refractivity contribution is 0.463. The summed E-state index contributed by atoms with van der Waals surface area (Å²) in [5, 5.41) is 0. The molecular weight excluding hydrogens is 197 g/mol. The summed E-state index contributed by atoms with van der Waals surface area (Å²) in [5.41, 5.74) is 0. The fraction of sp³-hybridized carbons (Fsp3) is 0.333. The normalized spacial score (nSPS) is 11.1. The van der Waals surface area contributed by atoms with Crippen LogP contribution in [0.3, 0.4) is 0 Å². The highest BCUT2D eigenvalue weighted by atomic mass is 35.5. The van der Waals surface area contributed by atoms with Gasteiger partial charge in [0.2, 0.25) is 0 Å². The topological polar surface area (TPSA) is 0 Å². The maximum atomic E-state index is 11.9. The summed E-state index contributed by atoms with van der Waals surface area (Å²) in [6, 6.07) is 0. The van der Waals surface area contributed by atoms with Gasteiger partial charge in [-0.15, -0.1) is 0 Å². The number of halogens is 5. The average Bonchev–Trinajstić information content (AvgIpc) is 1.21. The summed E-state index contributed by atoms with van der Waals surface area (Å²) in [5.74, 6) is 0. The Labute approximate surface area is 66.2 Å². The van der Waals surface area contributed by atoms with Crippen LogP contribution >= 0.6 is 46.4 Å². The molecule has 0 aromatic heterocycles. The molecule has 0 aromatic carbocycles. The Bertz CT molecular complexity index is 98.3. The summed E-state index contributed by atoms with van der Waals surface area (Å²) in [6.45, 7) is 0. The molecule has 0 fully saturated rings. The van der Waals surface area contributed by atoms with Crippen LogP contribution in [0.15, 0.2) is 10.6 Å². The van der Waals surface area contributed by atoms with Gasteiger partial charge in [0.15, 0.2) is 0 Å². The van der Waals surface area contributed by atoms with E-state index in [1.807, 2.05) is 0 Å². The van der Waals surface area contributed by atoms with Gasteiger partial charge in [-0.2, -0.15) is 0 Å². The van der Waals surface area contributed by atoms with Gasteiger partial charge in [-0.1, -0.05) is 46.4 Å². The highest BCUT2D eigenvalue weighted by Crippen LogP contribution is 2.27. The fourth-order valence-corrected chi connectivity index (χ4v) is 0.866. The van der Waals surface area contributed by atoms with Crippen LogP contribution in [0.4, 0.5) is 4.39 Å². The van der Waals surface area contributed by atoms with Crippen LogP contribution < -0.4 is 0 Å². The Kier molecular flexibility index (Phi) is 3.44. The van der Waals surface area contributed by atoms with E-state index in [-0.39, 0.29) is 4.49 Å². The molecule has 5 heteroatoms. The van der Waals surface area contributed by atoms with E-state index in [0.29, 0.717) is 6.08 Å². The second-order valence-electron chi connectivity index (χ2n) is 0.976. The van der Waals surface area contributed by atoms with E-state index in [0.717, 1.165) is 0 Å². The summed E-state index contributed by atoms with van der Waals surface area (Å²) in [7, 11) is 0. The molecule has 0 radical (unpaired) electrons. The van der Waals surface area contributed by atoms with Crippen LogP contribution in [-0.4, -0.2) is 4.59 Å². The van der Waals surface area contributed by atoms with Crippen LogP contribution in [0, 0.1) is 0 Å². The molecule has 0 heterocycles. The lowest BCUT2D eigenvalue weighted by atomic mass is 10.7.